The molecule has 0 atom stereocenters. The topological polar surface area (TPSA) is 55.8 Å². The molecule has 0 aliphatic carbocycles. The Morgan fingerprint density at radius 2 is 1.75 bits per heavy atom. The highest BCUT2D eigenvalue weighted by Crippen LogP contribution is 2.37. The van der Waals surface area contributed by atoms with Crippen molar-refractivity contribution in [1.82, 2.24) is 4.90 Å². The van der Waals surface area contributed by atoms with E-state index in [9.17, 15) is 9.59 Å². The second kappa shape index (κ2) is 7.47. The van der Waals surface area contributed by atoms with Crippen molar-refractivity contribution in [3.05, 3.63) is 35.9 Å². The number of piperidine rings is 1. The number of amides is 1. The highest BCUT2D eigenvalue weighted by molar-refractivity contribution is 7.81. The molecule has 1 aliphatic heterocycles. The number of benzene rings is 1. The van der Waals surface area contributed by atoms with E-state index in [4.69, 9.17) is 9.47 Å². The minimum Gasteiger partial charge on any atom is -0.453 e. The van der Waals surface area contributed by atoms with Gasteiger partial charge < -0.3 is 14.4 Å². The number of esters is 1. The van der Waals surface area contributed by atoms with Crippen LogP contribution in [0.1, 0.15) is 39.2 Å². The molecule has 132 valence electrons. The summed E-state index contributed by atoms with van der Waals surface area (Å²) in [4.78, 5) is 25.7. The molecule has 1 saturated heterocycles. The fraction of sp³-hybridized carbons (Fsp3) is 0.556. The highest BCUT2D eigenvalue weighted by atomic mass is 32.1. The molecular weight excluding hydrogens is 326 g/mol. The number of carbonyl (C=O) groups is 2. The molecule has 0 spiro atoms. The molecule has 0 aromatic heterocycles. The molecule has 1 fully saturated rings. The van der Waals surface area contributed by atoms with Gasteiger partial charge in [-0.05, 0) is 26.3 Å². The van der Waals surface area contributed by atoms with Crippen LogP contribution in [0.4, 0.5) is 4.79 Å². The number of hydrogen-bond donors (Lipinski definition) is 1. The van der Waals surface area contributed by atoms with E-state index >= 15 is 0 Å². The molecule has 5 nitrogen and oxygen atoms in total. The van der Waals surface area contributed by atoms with Gasteiger partial charge in [-0.1, -0.05) is 30.3 Å². The van der Waals surface area contributed by atoms with Gasteiger partial charge in [0.2, 0.25) is 0 Å². The molecule has 1 aromatic carbocycles. The van der Waals surface area contributed by atoms with E-state index in [0.717, 1.165) is 5.56 Å². The van der Waals surface area contributed by atoms with Gasteiger partial charge in [-0.15, -0.1) is 0 Å². The average Bonchev–Trinajstić information content (AvgIpc) is 2.54. The zero-order valence-corrected chi connectivity index (χ0v) is 15.3. The summed E-state index contributed by atoms with van der Waals surface area (Å²) in [6.07, 6.45) is 0.746. The van der Waals surface area contributed by atoms with Crippen molar-refractivity contribution in [2.75, 3.05) is 18.8 Å². The van der Waals surface area contributed by atoms with E-state index in [0.29, 0.717) is 25.9 Å². The first-order valence-corrected chi connectivity index (χ1v) is 8.75. The van der Waals surface area contributed by atoms with Gasteiger partial charge in [0.15, 0.2) is 0 Å². The predicted molar refractivity (Wildman–Crippen MR) is 95.1 cm³/mol. The Hall–Kier alpha value is -1.69. The molecule has 0 saturated carbocycles. The Morgan fingerprint density at radius 1 is 1.17 bits per heavy atom. The number of ether oxygens (including phenoxy) is 2. The van der Waals surface area contributed by atoms with Crippen LogP contribution in [0.3, 0.4) is 0 Å². The highest BCUT2D eigenvalue weighted by Gasteiger charge is 2.41. The molecule has 1 aromatic rings. The van der Waals surface area contributed by atoms with Crippen LogP contribution in [0.5, 0.6) is 0 Å². The standard InChI is InChI=1S/C18H25NO4S/c1-17(2,3)23-16(21)19-11-9-18(10-12-19,22-15(20)13-24)14-7-5-4-6-8-14/h4-8,24H,9-13H2,1-3H3. The van der Waals surface area contributed by atoms with Gasteiger partial charge in [-0.3, -0.25) is 4.79 Å². The zero-order chi connectivity index (χ0) is 17.8. The first-order valence-electron chi connectivity index (χ1n) is 8.12. The van der Waals surface area contributed by atoms with Crippen molar-refractivity contribution in [3.8, 4) is 0 Å². The maximum Gasteiger partial charge on any atom is 0.410 e. The van der Waals surface area contributed by atoms with Crippen molar-refractivity contribution in [2.24, 2.45) is 0 Å². The van der Waals surface area contributed by atoms with Gasteiger partial charge in [0.25, 0.3) is 0 Å². The molecule has 2 rings (SSSR count). The van der Waals surface area contributed by atoms with E-state index in [1.165, 1.54) is 0 Å². The molecule has 0 N–H and O–H groups in total. The van der Waals surface area contributed by atoms with Crippen LogP contribution in [-0.4, -0.2) is 41.4 Å². The molecule has 1 amide bonds. The van der Waals surface area contributed by atoms with Crippen LogP contribution in [0.15, 0.2) is 30.3 Å². The fourth-order valence-corrected chi connectivity index (χ4v) is 2.88. The Labute approximate surface area is 148 Å². The van der Waals surface area contributed by atoms with Gasteiger partial charge in [0, 0.05) is 25.9 Å². The largest absolute Gasteiger partial charge is 0.453 e. The third kappa shape index (κ3) is 4.66. The summed E-state index contributed by atoms with van der Waals surface area (Å²) in [5.41, 5.74) is -0.285. The number of thiol groups is 1. The fourth-order valence-electron chi connectivity index (χ4n) is 2.82. The van der Waals surface area contributed by atoms with Crippen molar-refractivity contribution in [2.45, 2.75) is 44.8 Å². The third-order valence-corrected chi connectivity index (χ3v) is 4.22. The van der Waals surface area contributed by atoms with E-state index in [1.54, 1.807) is 4.90 Å². The second-order valence-corrected chi connectivity index (χ2v) is 7.28. The van der Waals surface area contributed by atoms with Crippen molar-refractivity contribution in [1.29, 1.82) is 0 Å². The van der Waals surface area contributed by atoms with Gasteiger partial charge >= 0.3 is 12.1 Å². The smallest absolute Gasteiger partial charge is 0.410 e. The Balaban J connectivity index is 2.13. The normalized spacial score (nSPS) is 17.2. The lowest BCUT2D eigenvalue weighted by Crippen LogP contribution is -2.48. The third-order valence-electron chi connectivity index (χ3n) is 3.96. The summed E-state index contributed by atoms with van der Waals surface area (Å²) in [6.45, 7) is 6.49. The summed E-state index contributed by atoms with van der Waals surface area (Å²) in [7, 11) is 0. The number of hydrogen-bond acceptors (Lipinski definition) is 5. The summed E-state index contributed by atoms with van der Waals surface area (Å²) < 4.78 is 11.2. The molecule has 6 heteroatoms. The quantitative estimate of drug-likeness (QED) is 0.670. The van der Waals surface area contributed by atoms with Crippen molar-refractivity contribution >= 4 is 24.7 Å². The lowest BCUT2D eigenvalue weighted by Gasteiger charge is -2.41. The predicted octanol–water partition coefficient (Wildman–Crippen LogP) is 3.39. The van der Waals surface area contributed by atoms with Crippen LogP contribution in [0.25, 0.3) is 0 Å². The summed E-state index contributed by atoms with van der Waals surface area (Å²) in [5, 5.41) is 0. The van der Waals surface area contributed by atoms with Gasteiger partial charge in [0.05, 0.1) is 5.75 Å². The lowest BCUT2D eigenvalue weighted by atomic mass is 9.84. The number of nitrogens with zero attached hydrogens (tertiary/aromatic N) is 1. The Morgan fingerprint density at radius 3 is 2.25 bits per heavy atom. The number of rotatable bonds is 3. The molecular formula is C18H25NO4S. The van der Waals surface area contributed by atoms with Gasteiger partial charge in [-0.2, -0.15) is 12.6 Å². The van der Waals surface area contributed by atoms with Crippen LogP contribution in [0, 0.1) is 0 Å². The minimum atomic E-state index is -0.709. The summed E-state index contributed by atoms with van der Waals surface area (Å²) in [5.74, 6) is -0.322. The molecule has 24 heavy (non-hydrogen) atoms. The number of likely N-dealkylation sites (tertiary alicyclic amines) is 1. The summed E-state index contributed by atoms with van der Waals surface area (Å²) in [6, 6.07) is 9.68. The van der Waals surface area contributed by atoms with E-state index in [2.05, 4.69) is 12.6 Å². The maximum atomic E-state index is 12.2. The van der Waals surface area contributed by atoms with Crippen molar-refractivity contribution in [3.63, 3.8) is 0 Å². The SMILES string of the molecule is CC(C)(C)OC(=O)N1CCC(OC(=O)CS)(c2ccccc2)CC1. The van der Waals surface area contributed by atoms with Crippen molar-refractivity contribution < 1.29 is 19.1 Å². The van der Waals surface area contributed by atoms with E-state index in [-0.39, 0.29) is 17.8 Å². The van der Waals surface area contributed by atoms with Crippen LogP contribution >= 0.6 is 12.6 Å². The molecule has 0 unspecified atom stereocenters. The first kappa shape index (κ1) is 18.6. The minimum absolute atomic E-state index is 0.0321. The van der Waals surface area contributed by atoms with E-state index in [1.807, 2.05) is 51.1 Å². The Kier molecular flexibility index (Phi) is 5.80. The molecule has 0 radical (unpaired) electrons. The monoisotopic (exact) mass is 351 g/mol. The molecule has 1 aliphatic rings. The molecule has 0 bridgehead atoms. The molecule has 1 heterocycles. The zero-order valence-electron chi connectivity index (χ0n) is 14.4. The summed E-state index contributed by atoms with van der Waals surface area (Å²) >= 11 is 4.00. The van der Waals surface area contributed by atoms with Crippen LogP contribution in [0.2, 0.25) is 0 Å². The maximum absolute atomic E-state index is 12.2. The average molecular weight is 351 g/mol. The van der Waals surface area contributed by atoms with E-state index < -0.39 is 11.2 Å². The van der Waals surface area contributed by atoms with Crippen LogP contribution < -0.4 is 0 Å². The van der Waals surface area contributed by atoms with Gasteiger partial charge in [0.1, 0.15) is 11.2 Å². The van der Waals surface area contributed by atoms with Gasteiger partial charge in [-0.25, -0.2) is 4.79 Å². The Bertz CT molecular complexity index is 574. The number of carbonyl (C=O) groups excluding carboxylic acids is 2. The van der Waals surface area contributed by atoms with Crippen LogP contribution in [-0.2, 0) is 19.9 Å². The lowest BCUT2D eigenvalue weighted by molar-refractivity contribution is -0.163. The second-order valence-electron chi connectivity index (χ2n) is 6.96. The first-order chi connectivity index (χ1) is 11.3.